The van der Waals surface area contributed by atoms with E-state index in [0.29, 0.717) is 18.8 Å². The molecule has 2 nitrogen and oxygen atoms in total. The van der Waals surface area contributed by atoms with Crippen molar-refractivity contribution in [3.05, 3.63) is 0 Å². The lowest BCUT2D eigenvalue weighted by Gasteiger charge is -2.42. The summed E-state index contributed by atoms with van der Waals surface area (Å²) in [5.74, 6) is 1.49. The molecule has 3 fully saturated rings. The molecular weight excluding hydrogens is 320 g/mol. The zero-order chi connectivity index (χ0) is 17.0. The second kappa shape index (κ2) is 8.34. The largest absolute Gasteiger partial charge is 0.298 e. The van der Waals surface area contributed by atoms with Gasteiger partial charge in [-0.25, -0.2) is 0 Å². The number of ketones is 2. The Balaban J connectivity index is 1.56. The first-order valence-electron chi connectivity index (χ1n) is 10.3. The van der Waals surface area contributed by atoms with Crippen LogP contribution in [0.5, 0.6) is 0 Å². The van der Waals surface area contributed by atoms with Gasteiger partial charge in [0.25, 0.3) is 0 Å². The molecule has 0 radical (unpaired) electrons. The van der Waals surface area contributed by atoms with Crippen LogP contribution < -0.4 is 0 Å². The van der Waals surface area contributed by atoms with Crippen molar-refractivity contribution in [3.63, 3.8) is 0 Å². The molecule has 0 heterocycles. The van der Waals surface area contributed by atoms with Crippen LogP contribution in [0.3, 0.4) is 0 Å². The molecule has 0 aliphatic heterocycles. The lowest BCUT2D eigenvalue weighted by Crippen LogP contribution is -2.44. The van der Waals surface area contributed by atoms with Crippen molar-refractivity contribution in [2.75, 3.05) is 0 Å². The van der Waals surface area contributed by atoms with Gasteiger partial charge in [0.15, 0.2) is 16.9 Å². The molecule has 0 saturated heterocycles. The van der Waals surface area contributed by atoms with E-state index < -0.39 is 5.38 Å². The van der Waals surface area contributed by atoms with Gasteiger partial charge in [-0.15, -0.1) is 11.6 Å². The van der Waals surface area contributed by atoms with Gasteiger partial charge in [0, 0.05) is 12.8 Å². The molecule has 3 aliphatic rings. The van der Waals surface area contributed by atoms with E-state index in [1.165, 1.54) is 77.0 Å². The van der Waals surface area contributed by atoms with Crippen LogP contribution in [0.2, 0.25) is 0 Å². The monoisotopic (exact) mass is 352 g/mol. The van der Waals surface area contributed by atoms with Crippen LogP contribution in [0.1, 0.15) is 96.3 Å². The van der Waals surface area contributed by atoms with Crippen molar-refractivity contribution in [1.82, 2.24) is 0 Å². The molecular formula is C21H33ClO2. The molecule has 0 N–H and O–H groups in total. The normalized spacial score (nSPS) is 33.3. The summed E-state index contributed by atoms with van der Waals surface area (Å²) in [6, 6.07) is 0. The van der Waals surface area contributed by atoms with Gasteiger partial charge in [-0.2, -0.15) is 0 Å². The summed E-state index contributed by atoms with van der Waals surface area (Å²) in [5, 5.41) is -0.859. The van der Waals surface area contributed by atoms with Crippen LogP contribution in [0, 0.1) is 17.3 Å². The summed E-state index contributed by atoms with van der Waals surface area (Å²) in [6.45, 7) is 0. The summed E-state index contributed by atoms with van der Waals surface area (Å²) in [6.07, 6.45) is 18.0. The highest BCUT2D eigenvalue weighted by Gasteiger charge is 2.48. The van der Waals surface area contributed by atoms with Crippen molar-refractivity contribution < 1.29 is 9.59 Å². The summed E-state index contributed by atoms with van der Waals surface area (Å²) in [7, 11) is 0. The molecule has 0 unspecified atom stereocenters. The van der Waals surface area contributed by atoms with Gasteiger partial charge in [-0.05, 0) is 36.5 Å². The highest BCUT2D eigenvalue weighted by Crippen LogP contribution is 2.51. The Morgan fingerprint density at radius 1 is 0.833 bits per heavy atom. The van der Waals surface area contributed by atoms with Gasteiger partial charge in [0.2, 0.25) is 0 Å². The van der Waals surface area contributed by atoms with E-state index in [0.717, 1.165) is 12.3 Å². The number of Topliss-reactive ketones (excluding diaryl/α,β-unsaturated/α-hetero) is 2. The van der Waals surface area contributed by atoms with Crippen molar-refractivity contribution in [2.45, 2.75) is 102 Å². The van der Waals surface area contributed by atoms with Crippen LogP contribution in [-0.4, -0.2) is 16.9 Å². The molecule has 0 amide bonds. The quantitative estimate of drug-likeness (QED) is 0.341. The smallest absolute Gasteiger partial charge is 0.158 e. The average molecular weight is 353 g/mol. The fourth-order valence-corrected chi connectivity index (χ4v) is 5.86. The summed E-state index contributed by atoms with van der Waals surface area (Å²) in [5.41, 5.74) is -0.0530. The van der Waals surface area contributed by atoms with Gasteiger partial charge in [0.05, 0.1) is 0 Å². The number of carbonyl (C=O) groups excluding carboxylic acids is 2. The molecule has 24 heavy (non-hydrogen) atoms. The molecule has 3 aliphatic carbocycles. The van der Waals surface area contributed by atoms with Crippen molar-refractivity contribution in [3.8, 4) is 0 Å². The third-order valence-corrected chi connectivity index (χ3v) is 7.59. The number of halogens is 1. The Labute approximate surface area is 152 Å². The van der Waals surface area contributed by atoms with E-state index in [1.54, 1.807) is 0 Å². The third-order valence-electron chi connectivity index (χ3n) is 7.10. The maximum Gasteiger partial charge on any atom is 0.158 e. The third kappa shape index (κ3) is 4.23. The van der Waals surface area contributed by atoms with Crippen LogP contribution in [-0.2, 0) is 9.59 Å². The number of rotatable bonds is 6. The van der Waals surface area contributed by atoms with Crippen LogP contribution >= 0.6 is 11.6 Å². The SMILES string of the molecule is O=C1CC(CCCCC2CCCCC2)(C2CCCC2)CC(=O)C1Cl. The molecule has 0 aromatic heterocycles. The fourth-order valence-electron chi connectivity index (χ4n) is 5.71. The fraction of sp³-hybridized carbons (Fsp3) is 0.905. The minimum Gasteiger partial charge on any atom is -0.298 e. The molecule has 3 rings (SSSR count). The van der Waals surface area contributed by atoms with Crippen molar-refractivity contribution in [2.24, 2.45) is 17.3 Å². The predicted molar refractivity (Wildman–Crippen MR) is 98.3 cm³/mol. The van der Waals surface area contributed by atoms with E-state index in [4.69, 9.17) is 11.6 Å². The van der Waals surface area contributed by atoms with Crippen LogP contribution in [0.15, 0.2) is 0 Å². The first-order valence-corrected chi connectivity index (χ1v) is 10.7. The molecule has 3 saturated carbocycles. The van der Waals surface area contributed by atoms with Crippen LogP contribution in [0.25, 0.3) is 0 Å². The molecule has 136 valence electrons. The lowest BCUT2D eigenvalue weighted by atomic mass is 9.62. The van der Waals surface area contributed by atoms with Crippen molar-refractivity contribution in [1.29, 1.82) is 0 Å². The van der Waals surface area contributed by atoms with Gasteiger partial charge >= 0.3 is 0 Å². The number of hydrogen-bond acceptors (Lipinski definition) is 2. The minimum absolute atomic E-state index is 0.00732. The summed E-state index contributed by atoms with van der Waals surface area (Å²) >= 11 is 6.02. The molecule has 0 bridgehead atoms. The molecule has 3 heteroatoms. The molecule has 0 atom stereocenters. The predicted octanol–water partition coefficient (Wildman–Crippen LogP) is 5.84. The first-order chi connectivity index (χ1) is 11.6. The second-order valence-electron chi connectivity index (χ2n) is 8.74. The van der Waals surface area contributed by atoms with Crippen molar-refractivity contribution >= 4 is 23.2 Å². The molecule has 0 spiro atoms. The Hall–Kier alpha value is -0.370. The van der Waals surface area contributed by atoms with Gasteiger partial charge in [-0.3, -0.25) is 9.59 Å². The maximum absolute atomic E-state index is 12.3. The van der Waals surface area contributed by atoms with E-state index in [1.807, 2.05) is 0 Å². The molecule has 0 aromatic carbocycles. The highest BCUT2D eigenvalue weighted by atomic mass is 35.5. The zero-order valence-corrected chi connectivity index (χ0v) is 15.8. The van der Waals surface area contributed by atoms with E-state index in [2.05, 4.69) is 0 Å². The summed E-state index contributed by atoms with van der Waals surface area (Å²) < 4.78 is 0. The van der Waals surface area contributed by atoms with E-state index in [-0.39, 0.29) is 17.0 Å². The number of unbranched alkanes of at least 4 members (excludes halogenated alkanes) is 1. The van der Waals surface area contributed by atoms with Gasteiger partial charge in [-0.1, -0.05) is 64.2 Å². The Bertz CT molecular complexity index is 429. The summed E-state index contributed by atoms with van der Waals surface area (Å²) in [4.78, 5) is 24.6. The number of hydrogen-bond donors (Lipinski definition) is 0. The first kappa shape index (κ1) is 18.4. The topological polar surface area (TPSA) is 34.1 Å². The lowest BCUT2D eigenvalue weighted by molar-refractivity contribution is -0.136. The highest BCUT2D eigenvalue weighted by molar-refractivity contribution is 6.42. The standard InChI is InChI=1S/C21H33ClO2/c22-20-18(23)14-21(15-19(20)24,17-11-4-5-12-17)13-7-6-10-16-8-2-1-3-9-16/h16-17,20H,1-15H2. The minimum atomic E-state index is -0.859. The zero-order valence-electron chi connectivity index (χ0n) is 15.0. The Kier molecular flexibility index (Phi) is 6.40. The number of carbonyl (C=O) groups is 2. The Morgan fingerprint density at radius 3 is 2.04 bits per heavy atom. The Morgan fingerprint density at radius 2 is 1.42 bits per heavy atom. The van der Waals surface area contributed by atoms with Gasteiger partial charge < -0.3 is 0 Å². The average Bonchev–Trinajstić information content (AvgIpc) is 3.13. The van der Waals surface area contributed by atoms with Gasteiger partial charge in [0.1, 0.15) is 0 Å². The van der Waals surface area contributed by atoms with E-state index >= 15 is 0 Å². The van der Waals surface area contributed by atoms with Crippen LogP contribution in [0.4, 0.5) is 0 Å². The maximum atomic E-state index is 12.3. The molecule has 0 aromatic rings. The number of alkyl halides is 1. The van der Waals surface area contributed by atoms with E-state index in [9.17, 15) is 9.59 Å². The second-order valence-corrected chi connectivity index (χ2v) is 9.18.